The van der Waals surface area contributed by atoms with Crippen LogP contribution in [0.1, 0.15) is 9.67 Å². The van der Waals surface area contributed by atoms with E-state index in [2.05, 4.69) is 9.82 Å². The molecule has 18 heavy (non-hydrogen) atoms. The maximum Gasteiger partial charge on any atom is 0.348 e. The van der Waals surface area contributed by atoms with Crippen molar-refractivity contribution in [1.29, 1.82) is 0 Å². The third kappa shape index (κ3) is 2.36. The fourth-order valence-corrected chi connectivity index (χ4v) is 3.10. The number of aryl methyl sites for hydroxylation is 1. The summed E-state index contributed by atoms with van der Waals surface area (Å²) in [5.41, 5.74) is 0.0522. The van der Waals surface area contributed by atoms with Gasteiger partial charge in [-0.15, -0.1) is 11.3 Å². The molecule has 2 aromatic rings. The topological polar surface area (TPSA) is 101 Å². The van der Waals surface area contributed by atoms with Crippen LogP contribution in [0.3, 0.4) is 0 Å². The van der Waals surface area contributed by atoms with Crippen molar-refractivity contribution in [3.05, 3.63) is 28.7 Å². The highest BCUT2D eigenvalue weighted by Gasteiger charge is 2.20. The number of anilines is 1. The summed E-state index contributed by atoms with van der Waals surface area (Å²) in [6.45, 7) is 0. The third-order valence-electron chi connectivity index (χ3n) is 2.10. The number of carboxylic acid groups (broad SMARTS) is 1. The molecule has 2 rings (SSSR count). The summed E-state index contributed by atoms with van der Waals surface area (Å²) in [5.74, 6) is -1.17. The molecule has 0 saturated carbocycles. The van der Waals surface area contributed by atoms with Crippen molar-refractivity contribution in [1.82, 2.24) is 9.78 Å². The third-order valence-corrected chi connectivity index (χ3v) is 4.32. The summed E-state index contributed by atoms with van der Waals surface area (Å²) in [6, 6.07) is 1.40. The van der Waals surface area contributed by atoms with Crippen molar-refractivity contribution in [2.45, 2.75) is 4.90 Å². The molecule has 9 heteroatoms. The van der Waals surface area contributed by atoms with Gasteiger partial charge in [-0.1, -0.05) is 0 Å². The number of hydrogen-bond donors (Lipinski definition) is 2. The van der Waals surface area contributed by atoms with Crippen LogP contribution in [0.15, 0.2) is 28.7 Å². The van der Waals surface area contributed by atoms with Crippen molar-refractivity contribution in [2.24, 2.45) is 7.05 Å². The van der Waals surface area contributed by atoms with Gasteiger partial charge in [0.2, 0.25) is 0 Å². The molecule has 2 N–H and O–H groups in total. The second-order valence-electron chi connectivity index (χ2n) is 3.42. The molecule has 0 aliphatic heterocycles. The van der Waals surface area contributed by atoms with Crippen LogP contribution in [0.4, 0.5) is 5.69 Å². The summed E-state index contributed by atoms with van der Waals surface area (Å²) in [4.78, 5) is 10.8. The Morgan fingerprint density at radius 3 is 2.83 bits per heavy atom. The fraction of sp³-hybridized carbons (Fsp3) is 0.111. The lowest BCUT2D eigenvalue weighted by atomic mass is 10.4. The number of rotatable bonds is 4. The molecule has 7 nitrogen and oxygen atoms in total. The van der Waals surface area contributed by atoms with Gasteiger partial charge in [-0.05, 0) is 11.4 Å². The van der Waals surface area contributed by atoms with E-state index < -0.39 is 16.0 Å². The Morgan fingerprint density at radius 1 is 1.56 bits per heavy atom. The van der Waals surface area contributed by atoms with Gasteiger partial charge in [-0.3, -0.25) is 9.40 Å². The number of carboxylic acids is 1. The van der Waals surface area contributed by atoms with E-state index >= 15 is 0 Å². The monoisotopic (exact) mass is 287 g/mol. The standard InChI is InChI=1S/C9H9N3O4S2/c1-12-5-6(4-10-12)18(15,16)11-7-2-3-17-8(7)9(13)14/h2-5,11H,1H3,(H,13,14). The number of nitrogens with one attached hydrogen (secondary N) is 1. The largest absolute Gasteiger partial charge is 0.477 e. The predicted molar refractivity (Wildman–Crippen MR) is 65.3 cm³/mol. The fourth-order valence-electron chi connectivity index (χ4n) is 1.30. The second-order valence-corrected chi connectivity index (χ2v) is 6.02. The molecule has 0 radical (unpaired) electrons. The average Bonchev–Trinajstić information content (AvgIpc) is 2.86. The molecule has 2 heterocycles. The van der Waals surface area contributed by atoms with Crippen molar-refractivity contribution in [3.8, 4) is 0 Å². The minimum absolute atomic E-state index is 0.0208. The van der Waals surface area contributed by atoms with Gasteiger partial charge in [0.15, 0.2) is 0 Å². The van der Waals surface area contributed by atoms with Crippen LogP contribution >= 0.6 is 11.3 Å². The molecule has 0 aliphatic carbocycles. The van der Waals surface area contributed by atoms with E-state index in [1.165, 1.54) is 28.5 Å². The lowest BCUT2D eigenvalue weighted by Crippen LogP contribution is -2.13. The van der Waals surface area contributed by atoms with Crippen LogP contribution in [0, 0.1) is 0 Å². The zero-order chi connectivity index (χ0) is 13.3. The molecule has 2 aromatic heterocycles. The molecule has 0 atom stereocenters. The van der Waals surface area contributed by atoms with Gasteiger partial charge in [0.25, 0.3) is 10.0 Å². The van der Waals surface area contributed by atoms with E-state index in [0.717, 1.165) is 11.3 Å². The SMILES string of the molecule is Cn1cc(S(=O)(=O)Nc2ccsc2C(=O)O)cn1. The lowest BCUT2D eigenvalue weighted by molar-refractivity contribution is 0.0703. The number of thiophene rings is 1. The first-order valence-electron chi connectivity index (χ1n) is 4.72. The van der Waals surface area contributed by atoms with E-state index in [0.29, 0.717) is 0 Å². The number of hydrogen-bond acceptors (Lipinski definition) is 5. The molecule has 0 aromatic carbocycles. The molecule has 0 aliphatic rings. The first-order valence-corrected chi connectivity index (χ1v) is 7.08. The minimum Gasteiger partial charge on any atom is -0.477 e. The van der Waals surface area contributed by atoms with Crippen molar-refractivity contribution >= 4 is 33.0 Å². The zero-order valence-electron chi connectivity index (χ0n) is 9.19. The lowest BCUT2D eigenvalue weighted by Gasteiger charge is -2.04. The second kappa shape index (κ2) is 4.42. The molecule has 0 unspecified atom stereocenters. The Labute approximate surface area is 107 Å². The van der Waals surface area contributed by atoms with Crippen molar-refractivity contribution in [2.75, 3.05) is 4.72 Å². The predicted octanol–water partition coefficient (Wildman–Crippen LogP) is 0.981. The maximum atomic E-state index is 11.9. The molecule has 0 bridgehead atoms. The molecule has 0 saturated heterocycles. The summed E-state index contributed by atoms with van der Waals surface area (Å²) in [5, 5.41) is 14.1. The van der Waals surface area contributed by atoms with Crippen LogP contribution in [0.2, 0.25) is 0 Å². The number of nitrogens with zero attached hydrogens (tertiary/aromatic N) is 2. The molecule has 0 spiro atoms. The number of aromatic carboxylic acids is 1. The number of aromatic nitrogens is 2. The van der Waals surface area contributed by atoms with Crippen LogP contribution in [-0.2, 0) is 17.1 Å². The van der Waals surface area contributed by atoms with Crippen LogP contribution in [0.25, 0.3) is 0 Å². The van der Waals surface area contributed by atoms with Gasteiger partial charge >= 0.3 is 5.97 Å². The van der Waals surface area contributed by atoms with Crippen LogP contribution in [-0.4, -0.2) is 29.3 Å². The Bertz CT molecular complexity index is 686. The maximum absolute atomic E-state index is 11.9. The molecular formula is C9H9N3O4S2. The first kappa shape index (κ1) is 12.6. The highest BCUT2D eigenvalue weighted by Crippen LogP contribution is 2.24. The molecule has 0 amide bonds. The summed E-state index contributed by atoms with van der Waals surface area (Å²) in [6.07, 6.45) is 2.52. The van der Waals surface area contributed by atoms with Gasteiger partial charge in [-0.2, -0.15) is 5.10 Å². The Hall–Kier alpha value is -1.87. The van der Waals surface area contributed by atoms with Crippen molar-refractivity contribution < 1.29 is 18.3 Å². The highest BCUT2D eigenvalue weighted by molar-refractivity contribution is 7.92. The van der Waals surface area contributed by atoms with Crippen LogP contribution in [0.5, 0.6) is 0 Å². The van der Waals surface area contributed by atoms with Crippen LogP contribution < -0.4 is 4.72 Å². The quantitative estimate of drug-likeness (QED) is 0.873. The van der Waals surface area contributed by atoms with Gasteiger partial charge in [0.05, 0.1) is 11.9 Å². The van der Waals surface area contributed by atoms with Gasteiger partial charge in [0.1, 0.15) is 9.77 Å². The van der Waals surface area contributed by atoms with E-state index in [4.69, 9.17) is 5.11 Å². The van der Waals surface area contributed by atoms with Crippen molar-refractivity contribution in [3.63, 3.8) is 0 Å². The normalized spacial score (nSPS) is 11.4. The Balaban J connectivity index is 2.34. The summed E-state index contributed by atoms with van der Waals surface area (Å²) in [7, 11) is -2.22. The van der Waals surface area contributed by atoms with E-state index in [1.54, 1.807) is 7.05 Å². The van der Waals surface area contributed by atoms with Gasteiger partial charge < -0.3 is 5.11 Å². The Morgan fingerprint density at radius 2 is 2.28 bits per heavy atom. The Kier molecular flexibility index (Phi) is 3.09. The van der Waals surface area contributed by atoms with Gasteiger partial charge in [0, 0.05) is 13.2 Å². The highest BCUT2D eigenvalue weighted by atomic mass is 32.2. The smallest absolute Gasteiger partial charge is 0.348 e. The number of carbonyl (C=O) groups is 1. The van der Waals surface area contributed by atoms with E-state index in [1.807, 2.05) is 0 Å². The number of sulfonamides is 1. The molecule has 96 valence electrons. The molecular weight excluding hydrogens is 278 g/mol. The summed E-state index contributed by atoms with van der Waals surface area (Å²) < 4.78 is 27.4. The van der Waals surface area contributed by atoms with E-state index in [-0.39, 0.29) is 15.5 Å². The molecule has 0 fully saturated rings. The minimum atomic E-state index is -3.81. The first-order chi connectivity index (χ1) is 8.40. The summed E-state index contributed by atoms with van der Waals surface area (Å²) >= 11 is 0.951. The van der Waals surface area contributed by atoms with E-state index in [9.17, 15) is 13.2 Å². The average molecular weight is 287 g/mol. The zero-order valence-corrected chi connectivity index (χ0v) is 10.8. The van der Waals surface area contributed by atoms with Gasteiger partial charge in [-0.25, -0.2) is 13.2 Å².